The number of benzene rings is 2. The summed E-state index contributed by atoms with van der Waals surface area (Å²) in [6, 6.07) is 14.6. The first kappa shape index (κ1) is 24.2. The number of likely N-dealkylation sites (N-methyl/N-ethyl adjacent to an activating group) is 1. The number of anilines is 2. The van der Waals surface area contributed by atoms with Crippen molar-refractivity contribution < 1.29 is 18.8 Å². The molecule has 0 aliphatic carbocycles. The SMILES string of the molecule is CC[NH+](CC)CCOc1ccc(Nc2ncc3cc(Oc4ccc(F)cc4)c(=O)n(C)c3n2)cc1. The van der Waals surface area contributed by atoms with Crippen LogP contribution in [0, 0.1) is 5.82 Å². The number of aryl methyl sites for hydroxylation is 1. The molecule has 182 valence electrons. The molecule has 0 amide bonds. The van der Waals surface area contributed by atoms with Crippen molar-refractivity contribution in [1.82, 2.24) is 14.5 Å². The first-order valence-electron chi connectivity index (χ1n) is 11.6. The summed E-state index contributed by atoms with van der Waals surface area (Å²) in [5, 5.41) is 3.79. The molecule has 0 aliphatic heterocycles. The lowest BCUT2D eigenvalue weighted by molar-refractivity contribution is -0.896. The Morgan fingerprint density at radius 3 is 2.40 bits per heavy atom. The van der Waals surface area contributed by atoms with E-state index in [1.54, 1.807) is 19.3 Å². The number of pyridine rings is 1. The molecular formula is C26H29FN5O3+. The second-order valence-corrected chi connectivity index (χ2v) is 8.11. The van der Waals surface area contributed by atoms with Crippen LogP contribution in [0.1, 0.15) is 13.8 Å². The number of ether oxygens (including phenoxy) is 2. The minimum atomic E-state index is -0.379. The van der Waals surface area contributed by atoms with Gasteiger partial charge in [-0.1, -0.05) is 0 Å². The third kappa shape index (κ3) is 5.93. The van der Waals surface area contributed by atoms with Crippen LogP contribution in [0.3, 0.4) is 0 Å². The quantitative estimate of drug-likeness (QED) is 0.364. The van der Waals surface area contributed by atoms with E-state index in [4.69, 9.17) is 9.47 Å². The normalized spacial score (nSPS) is 11.1. The van der Waals surface area contributed by atoms with Gasteiger partial charge in [0.2, 0.25) is 5.95 Å². The van der Waals surface area contributed by atoms with Gasteiger partial charge < -0.3 is 19.7 Å². The number of halogens is 1. The predicted molar refractivity (Wildman–Crippen MR) is 133 cm³/mol. The molecule has 0 fully saturated rings. The van der Waals surface area contributed by atoms with Crippen molar-refractivity contribution in [3.05, 3.63) is 77.0 Å². The predicted octanol–water partition coefficient (Wildman–Crippen LogP) is 3.31. The maximum Gasteiger partial charge on any atom is 0.294 e. The summed E-state index contributed by atoms with van der Waals surface area (Å²) in [6.45, 7) is 8.15. The van der Waals surface area contributed by atoms with Gasteiger partial charge in [0.1, 0.15) is 36.1 Å². The maximum atomic E-state index is 13.1. The second-order valence-electron chi connectivity index (χ2n) is 8.11. The summed E-state index contributed by atoms with van der Waals surface area (Å²) >= 11 is 0. The summed E-state index contributed by atoms with van der Waals surface area (Å²) in [5.41, 5.74) is 0.893. The molecule has 2 N–H and O–H groups in total. The third-order valence-corrected chi connectivity index (χ3v) is 5.79. The van der Waals surface area contributed by atoms with Gasteiger partial charge in [-0.15, -0.1) is 0 Å². The average Bonchev–Trinajstić information content (AvgIpc) is 2.88. The van der Waals surface area contributed by atoms with Crippen molar-refractivity contribution in [1.29, 1.82) is 0 Å². The molecule has 2 heterocycles. The molecule has 0 unspecified atom stereocenters. The molecule has 35 heavy (non-hydrogen) atoms. The Labute approximate surface area is 203 Å². The van der Waals surface area contributed by atoms with Crippen LogP contribution in [0.2, 0.25) is 0 Å². The van der Waals surface area contributed by atoms with Crippen LogP contribution in [-0.2, 0) is 7.05 Å². The van der Waals surface area contributed by atoms with Crippen LogP contribution in [0.15, 0.2) is 65.6 Å². The zero-order valence-corrected chi connectivity index (χ0v) is 20.0. The van der Waals surface area contributed by atoms with Crippen LogP contribution in [0.4, 0.5) is 16.0 Å². The van der Waals surface area contributed by atoms with Crippen molar-refractivity contribution in [3.63, 3.8) is 0 Å². The molecule has 0 atom stereocenters. The Morgan fingerprint density at radius 2 is 1.71 bits per heavy atom. The zero-order chi connectivity index (χ0) is 24.8. The summed E-state index contributed by atoms with van der Waals surface area (Å²) in [4.78, 5) is 23.2. The highest BCUT2D eigenvalue weighted by Gasteiger charge is 2.12. The number of nitrogens with zero attached hydrogens (tertiary/aromatic N) is 3. The Morgan fingerprint density at radius 1 is 1.03 bits per heavy atom. The van der Waals surface area contributed by atoms with Crippen LogP contribution in [0.25, 0.3) is 11.0 Å². The average molecular weight is 479 g/mol. The zero-order valence-electron chi connectivity index (χ0n) is 20.0. The molecule has 0 bridgehead atoms. The molecule has 8 nitrogen and oxygen atoms in total. The van der Waals surface area contributed by atoms with E-state index >= 15 is 0 Å². The van der Waals surface area contributed by atoms with Crippen molar-refractivity contribution >= 4 is 22.7 Å². The van der Waals surface area contributed by atoms with Crippen molar-refractivity contribution in [3.8, 4) is 17.2 Å². The fraction of sp³-hybridized carbons (Fsp3) is 0.269. The molecular weight excluding hydrogens is 449 g/mol. The topological polar surface area (TPSA) is 82.7 Å². The molecule has 2 aromatic carbocycles. The van der Waals surface area contributed by atoms with Crippen molar-refractivity contribution in [2.24, 2.45) is 7.05 Å². The summed E-state index contributed by atoms with van der Waals surface area (Å²) in [5.74, 6) is 1.25. The van der Waals surface area contributed by atoms with Crippen molar-refractivity contribution in [2.75, 3.05) is 31.6 Å². The van der Waals surface area contributed by atoms with Crippen LogP contribution in [-0.4, -0.2) is 40.8 Å². The van der Waals surface area contributed by atoms with Crippen LogP contribution in [0.5, 0.6) is 17.2 Å². The van der Waals surface area contributed by atoms with Crippen molar-refractivity contribution in [2.45, 2.75) is 13.8 Å². The van der Waals surface area contributed by atoms with Gasteiger partial charge in [-0.2, -0.15) is 4.98 Å². The van der Waals surface area contributed by atoms with Gasteiger partial charge in [0, 0.05) is 24.3 Å². The lowest BCUT2D eigenvalue weighted by Gasteiger charge is -2.15. The second kappa shape index (κ2) is 11.0. The number of hydrogen-bond donors (Lipinski definition) is 2. The monoisotopic (exact) mass is 478 g/mol. The van der Waals surface area contributed by atoms with E-state index in [1.165, 1.54) is 33.7 Å². The number of rotatable bonds is 10. The number of hydrogen-bond acceptors (Lipinski definition) is 6. The summed E-state index contributed by atoms with van der Waals surface area (Å²) < 4.78 is 26.0. The van der Waals surface area contributed by atoms with E-state index in [1.807, 2.05) is 24.3 Å². The highest BCUT2D eigenvalue weighted by molar-refractivity contribution is 5.77. The molecule has 0 radical (unpaired) electrons. The number of fused-ring (bicyclic) bond motifs is 1. The fourth-order valence-corrected chi connectivity index (χ4v) is 3.66. The summed E-state index contributed by atoms with van der Waals surface area (Å²) in [7, 11) is 1.62. The minimum absolute atomic E-state index is 0.106. The summed E-state index contributed by atoms with van der Waals surface area (Å²) in [6.07, 6.45) is 1.62. The molecule has 2 aromatic heterocycles. The Bertz CT molecular complexity index is 1340. The Hall–Kier alpha value is -3.98. The molecule has 0 spiro atoms. The highest BCUT2D eigenvalue weighted by atomic mass is 19.1. The first-order valence-corrected chi connectivity index (χ1v) is 11.6. The Kier molecular flexibility index (Phi) is 7.57. The smallest absolute Gasteiger partial charge is 0.294 e. The van der Waals surface area contributed by atoms with E-state index in [9.17, 15) is 9.18 Å². The number of aromatic nitrogens is 3. The molecule has 4 rings (SSSR count). The molecule has 0 aliphatic rings. The standard InChI is InChI=1S/C26H28FN5O3/c1-4-32(5-2)14-15-34-21-12-8-20(9-13-21)29-26-28-17-18-16-23(25(33)31(3)24(18)30-26)35-22-10-6-19(27)7-11-22/h6-13,16-17H,4-5,14-15H2,1-3H3,(H,28,29,30)/p+1. The van der Waals surface area contributed by atoms with E-state index in [-0.39, 0.29) is 17.1 Å². The fourth-order valence-electron chi connectivity index (χ4n) is 3.66. The van der Waals surface area contributed by atoms with Gasteiger partial charge in [-0.3, -0.25) is 9.36 Å². The van der Waals surface area contributed by atoms with E-state index < -0.39 is 0 Å². The van der Waals surface area contributed by atoms with Crippen LogP contribution >= 0.6 is 0 Å². The maximum absolute atomic E-state index is 13.1. The molecule has 4 aromatic rings. The molecule has 0 saturated heterocycles. The lowest BCUT2D eigenvalue weighted by Crippen LogP contribution is -3.12. The van der Waals surface area contributed by atoms with Gasteiger partial charge >= 0.3 is 0 Å². The highest BCUT2D eigenvalue weighted by Crippen LogP contribution is 2.23. The third-order valence-electron chi connectivity index (χ3n) is 5.79. The van der Waals surface area contributed by atoms with E-state index in [0.717, 1.165) is 31.1 Å². The lowest BCUT2D eigenvalue weighted by atomic mass is 10.3. The van der Waals surface area contributed by atoms with Gasteiger partial charge in [0.15, 0.2) is 5.75 Å². The van der Waals surface area contributed by atoms with Gasteiger partial charge in [-0.05, 0) is 68.4 Å². The van der Waals surface area contributed by atoms with Gasteiger partial charge in [0.25, 0.3) is 5.56 Å². The Balaban J connectivity index is 1.46. The molecule has 0 saturated carbocycles. The molecule has 9 heteroatoms. The van der Waals surface area contributed by atoms with Crippen LogP contribution < -0.4 is 25.2 Å². The van der Waals surface area contributed by atoms with E-state index in [0.29, 0.717) is 29.3 Å². The van der Waals surface area contributed by atoms with Gasteiger partial charge in [0.05, 0.1) is 13.1 Å². The number of nitrogens with one attached hydrogen (secondary N) is 2. The first-order chi connectivity index (χ1) is 17.0. The van der Waals surface area contributed by atoms with E-state index in [2.05, 4.69) is 29.1 Å². The largest absolute Gasteiger partial charge is 0.488 e. The minimum Gasteiger partial charge on any atom is -0.488 e. The van der Waals surface area contributed by atoms with Gasteiger partial charge in [-0.25, -0.2) is 9.37 Å². The number of quaternary nitrogens is 1.